The predicted octanol–water partition coefficient (Wildman–Crippen LogP) is 6.03. The minimum Gasteiger partial charge on any atom is -0.274 e. The SMILES string of the molecule is CC(=O)N(c1ccccc1)c1nc(CSC23CC4CC(CC(C4)C2)C3)cs1. The lowest BCUT2D eigenvalue weighted by Gasteiger charge is -2.56. The second kappa shape index (κ2) is 6.93. The monoisotopic (exact) mass is 398 g/mol. The first-order valence-electron chi connectivity index (χ1n) is 10.0. The third-order valence-electron chi connectivity index (χ3n) is 6.57. The highest BCUT2D eigenvalue weighted by Crippen LogP contribution is 2.61. The number of thioether (sulfide) groups is 1. The predicted molar refractivity (Wildman–Crippen MR) is 114 cm³/mol. The van der Waals surface area contributed by atoms with E-state index in [1.165, 1.54) is 38.5 Å². The Hall–Kier alpha value is -1.33. The summed E-state index contributed by atoms with van der Waals surface area (Å²) < 4.78 is 0.512. The number of hydrogen-bond donors (Lipinski definition) is 0. The molecule has 4 saturated carbocycles. The van der Waals surface area contributed by atoms with Crippen molar-refractivity contribution in [1.82, 2.24) is 4.98 Å². The quantitative estimate of drug-likeness (QED) is 0.616. The molecule has 0 spiro atoms. The number of carbonyl (C=O) groups excluding carboxylic acids is 1. The molecule has 3 nitrogen and oxygen atoms in total. The molecule has 1 heterocycles. The van der Waals surface area contributed by atoms with Crippen molar-refractivity contribution in [2.45, 2.75) is 55.9 Å². The summed E-state index contributed by atoms with van der Waals surface area (Å²) in [7, 11) is 0. The molecule has 0 atom stereocenters. The zero-order valence-corrected chi connectivity index (χ0v) is 17.4. The van der Waals surface area contributed by atoms with Gasteiger partial charge in [0.15, 0.2) is 5.13 Å². The highest BCUT2D eigenvalue weighted by molar-refractivity contribution is 7.99. The standard InChI is InChI=1S/C22H26N2OS2/c1-15(25)24(20-5-3-2-4-6-20)21-23-19(13-26-21)14-27-22-10-16-7-17(11-22)9-18(8-16)12-22/h2-6,13,16-18H,7-12,14H2,1H3. The van der Waals surface area contributed by atoms with E-state index in [9.17, 15) is 4.79 Å². The molecule has 6 rings (SSSR count). The number of hydrogen-bond acceptors (Lipinski definition) is 4. The molecular weight excluding hydrogens is 372 g/mol. The van der Waals surface area contributed by atoms with Gasteiger partial charge in [0.25, 0.3) is 0 Å². The van der Waals surface area contributed by atoms with Crippen LogP contribution in [0.4, 0.5) is 10.8 Å². The first-order chi connectivity index (χ1) is 13.1. The van der Waals surface area contributed by atoms with Crippen LogP contribution in [-0.4, -0.2) is 15.6 Å². The molecule has 1 aromatic carbocycles. The highest BCUT2D eigenvalue weighted by atomic mass is 32.2. The summed E-state index contributed by atoms with van der Waals surface area (Å²) in [5.41, 5.74) is 2.01. The molecule has 0 radical (unpaired) electrons. The summed E-state index contributed by atoms with van der Waals surface area (Å²) in [6.45, 7) is 1.61. The summed E-state index contributed by atoms with van der Waals surface area (Å²) in [4.78, 5) is 18.8. The van der Waals surface area contributed by atoms with Crippen molar-refractivity contribution in [3.8, 4) is 0 Å². The molecule has 2 aromatic rings. The van der Waals surface area contributed by atoms with E-state index >= 15 is 0 Å². The molecule has 0 unspecified atom stereocenters. The van der Waals surface area contributed by atoms with E-state index in [2.05, 4.69) is 17.1 Å². The maximum absolute atomic E-state index is 12.2. The number of thiazole rings is 1. The Balaban J connectivity index is 1.30. The number of rotatable bonds is 5. The fraction of sp³-hybridized carbons (Fsp3) is 0.545. The Bertz CT molecular complexity index is 797. The van der Waals surface area contributed by atoms with Crippen LogP contribution in [0.2, 0.25) is 0 Å². The van der Waals surface area contributed by atoms with Crippen LogP contribution in [0, 0.1) is 17.8 Å². The number of aromatic nitrogens is 1. The summed E-state index contributed by atoms with van der Waals surface area (Å²) >= 11 is 3.74. The van der Waals surface area contributed by atoms with E-state index in [0.717, 1.165) is 40.0 Å². The van der Waals surface area contributed by atoms with Crippen molar-refractivity contribution in [3.63, 3.8) is 0 Å². The molecule has 5 heteroatoms. The van der Waals surface area contributed by atoms with Crippen LogP contribution in [0.3, 0.4) is 0 Å². The van der Waals surface area contributed by atoms with Gasteiger partial charge in [0.1, 0.15) is 0 Å². The molecule has 1 aromatic heterocycles. The van der Waals surface area contributed by atoms with Gasteiger partial charge in [-0.15, -0.1) is 23.1 Å². The van der Waals surface area contributed by atoms with Crippen LogP contribution in [0.1, 0.15) is 51.1 Å². The second-order valence-corrected chi connectivity index (χ2v) is 11.0. The molecular formula is C22H26N2OS2. The van der Waals surface area contributed by atoms with Gasteiger partial charge in [-0.1, -0.05) is 18.2 Å². The lowest BCUT2D eigenvalue weighted by Crippen LogP contribution is -2.48. The van der Waals surface area contributed by atoms with Crippen molar-refractivity contribution in [1.29, 1.82) is 0 Å². The van der Waals surface area contributed by atoms with Gasteiger partial charge in [-0.25, -0.2) is 4.98 Å². The van der Waals surface area contributed by atoms with Crippen molar-refractivity contribution < 1.29 is 4.79 Å². The van der Waals surface area contributed by atoms with Gasteiger partial charge < -0.3 is 0 Å². The zero-order valence-electron chi connectivity index (χ0n) is 15.8. The molecule has 4 fully saturated rings. The van der Waals surface area contributed by atoms with Crippen LogP contribution >= 0.6 is 23.1 Å². The molecule has 1 amide bonds. The van der Waals surface area contributed by atoms with E-state index < -0.39 is 0 Å². The van der Waals surface area contributed by atoms with Crippen molar-refractivity contribution in [2.75, 3.05) is 4.90 Å². The van der Waals surface area contributed by atoms with Gasteiger partial charge in [-0.2, -0.15) is 0 Å². The Kier molecular flexibility index (Phi) is 4.55. The van der Waals surface area contributed by atoms with E-state index in [1.807, 2.05) is 30.3 Å². The van der Waals surface area contributed by atoms with Crippen molar-refractivity contribution in [2.24, 2.45) is 17.8 Å². The third kappa shape index (κ3) is 3.44. The van der Waals surface area contributed by atoms with Gasteiger partial charge in [0.05, 0.1) is 11.4 Å². The van der Waals surface area contributed by atoms with Gasteiger partial charge in [-0.05, 0) is 68.4 Å². The number of nitrogens with zero attached hydrogens (tertiary/aromatic N) is 2. The lowest BCUT2D eigenvalue weighted by molar-refractivity contribution is -0.115. The molecule has 4 bridgehead atoms. The fourth-order valence-electron chi connectivity index (χ4n) is 5.90. The third-order valence-corrected chi connectivity index (χ3v) is 9.00. The molecule has 27 heavy (non-hydrogen) atoms. The summed E-state index contributed by atoms with van der Waals surface area (Å²) in [6, 6.07) is 9.82. The summed E-state index contributed by atoms with van der Waals surface area (Å²) in [5, 5.41) is 2.93. The minimum atomic E-state index is 0.0100. The van der Waals surface area contributed by atoms with Gasteiger partial charge in [0.2, 0.25) is 5.91 Å². The van der Waals surface area contributed by atoms with Crippen LogP contribution in [0.15, 0.2) is 35.7 Å². The van der Waals surface area contributed by atoms with Gasteiger partial charge in [0, 0.05) is 22.8 Å². The summed E-state index contributed by atoms with van der Waals surface area (Å²) in [5.74, 6) is 3.95. The van der Waals surface area contributed by atoms with E-state index in [0.29, 0.717) is 4.75 Å². The Morgan fingerprint density at radius 2 is 1.78 bits per heavy atom. The first-order valence-corrected chi connectivity index (χ1v) is 11.9. The molecule has 0 N–H and O–H groups in total. The normalized spacial score (nSPS) is 31.2. The van der Waals surface area contributed by atoms with Gasteiger partial charge >= 0.3 is 0 Å². The number of amides is 1. The number of carbonyl (C=O) groups is 1. The molecule has 0 saturated heterocycles. The number of anilines is 2. The maximum Gasteiger partial charge on any atom is 0.230 e. The average molecular weight is 399 g/mol. The van der Waals surface area contributed by atoms with Crippen LogP contribution < -0.4 is 4.90 Å². The number of para-hydroxylation sites is 1. The van der Waals surface area contributed by atoms with E-state index in [4.69, 9.17) is 4.98 Å². The lowest BCUT2D eigenvalue weighted by atomic mass is 9.56. The second-order valence-electron chi connectivity index (χ2n) is 8.70. The zero-order chi connectivity index (χ0) is 18.4. The largest absolute Gasteiger partial charge is 0.274 e. The topological polar surface area (TPSA) is 33.2 Å². The minimum absolute atomic E-state index is 0.0100. The van der Waals surface area contributed by atoms with E-state index in [1.54, 1.807) is 23.2 Å². The van der Waals surface area contributed by atoms with Crippen molar-refractivity contribution >= 4 is 39.8 Å². The fourth-order valence-corrected chi connectivity index (χ4v) is 8.56. The maximum atomic E-state index is 12.2. The molecule has 4 aliphatic rings. The number of benzene rings is 1. The molecule has 142 valence electrons. The van der Waals surface area contributed by atoms with Gasteiger partial charge in [-0.3, -0.25) is 9.69 Å². The van der Waals surface area contributed by atoms with Crippen LogP contribution in [-0.2, 0) is 10.5 Å². The van der Waals surface area contributed by atoms with Crippen molar-refractivity contribution in [3.05, 3.63) is 41.4 Å². The average Bonchev–Trinajstić information content (AvgIpc) is 3.08. The van der Waals surface area contributed by atoms with Crippen LogP contribution in [0.25, 0.3) is 0 Å². The molecule has 0 aliphatic heterocycles. The Labute approximate surface area is 169 Å². The first kappa shape index (κ1) is 17.7. The molecule has 4 aliphatic carbocycles. The van der Waals surface area contributed by atoms with Crippen LogP contribution in [0.5, 0.6) is 0 Å². The summed E-state index contributed by atoms with van der Waals surface area (Å²) in [6.07, 6.45) is 8.74. The Morgan fingerprint density at radius 1 is 1.15 bits per heavy atom. The Morgan fingerprint density at radius 3 is 2.37 bits per heavy atom. The highest BCUT2D eigenvalue weighted by Gasteiger charge is 2.51. The smallest absolute Gasteiger partial charge is 0.230 e. The van der Waals surface area contributed by atoms with E-state index in [-0.39, 0.29) is 5.91 Å².